The molecule has 32 heavy (non-hydrogen) atoms. The molecule has 2 heterocycles. The third-order valence-corrected chi connectivity index (χ3v) is 6.32. The first-order chi connectivity index (χ1) is 15.7. The lowest BCUT2D eigenvalue weighted by molar-refractivity contribution is -0.117. The summed E-state index contributed by atoms with van der Waals surface area (Å²) in [6.07, 6.45) is 1.65. The van der Waals surface area contributed by atoms with Gasteiger partial charge in [-0.3, -0.25) is 4.79 Å². The van der Waals surface area contributed by atoms with Gasteiger partial charge in [-0.05, 0) is 18.6 Å². The van der Waals surface area contributed by atoms with E-state index in [0.717, 1.165) is 39.9 Å². The number of amides is 1. The normalized spacial score (nSPS) is 15.1. The monoisotopic (exact) mass is 444 g/mol. The number of nitrogens with one attached hydrogen (secondary N) is 1. The van der Waals surface area contributed by atoms with Crippen LogP contribution < -0.4 is 10.2 Å². The molecule has 0 radical (unpaired) electrons. The van der Waals surface area contributed by atoms with Gasteiger partial charge < -0.3 is 15.0 Å². The van der Waals surface area contributed by atoms with Gasteiger partial charge in [-0.2, -0.15) is 5.26 Å². The molecule has 1 atom stereocenters. The highest BCUT2D eigenvalue weighted by molar-refractivity contribution is 7.17. The van der Waals surface area contributed by atoms with Crippen molar-refractivity contribution in [2.75, 3.05) is 31.2 Å². The minimum atomic E-state index is -0.399. The molecule has 1 unspecified atom stereocenters. The largest absolute Gasteiger partial charge is 0.378 e. The number of carbonyl (C=O) groups is 1. The summed E-state index contributed by atoms with van der Waals surface area (Å²) in [4.78, 5) is 20.7. The van der Waals surface area contributed by atoms with Crippen LogP contribution in [0.4, 0.5) is 5.13 Å². The van der Waals surface area contributed by atoms with Crippen LogP contribution in [0, 0.1) is 11.3 Å². The minimum Gasteiger partial charge on any atom is -0.378 e. The van der Waals surface area contributed by atoms with Crippen LogP contribution in [0.15, 0.2) is 66.2 Å². The molecule has 0 saturated carbocycles. The van der Waals surface area contributed by atoms with Crippen molar-refractivity contribution in [3.8, 4) is 17.3 Å². The fourth-order valence-electron chi connectivity index (χ4n) is 3.49. The second kappa shape index (κ2) is 10.2. The predicted molar refractivity (Wildman–Crippen MR) is 127 cm³/mol. The number of benzene rings is 2. The molecule has 1 aliphatic heterocycles. The highest BCUT2D eigenvalue weighted by Crippen LogP contribution is 2.35. The Labute approximate surface area is 191 Å². The SMILES string of the molecule is CC(NC(=O)C(C#N)=Cc1sc(N2CCOCC2)nc1-c1ccccc1)c1ccccc1. The maximum Gasteiger partial charge on any atom is 0.262 e. The molecule has 7 heteroatoms. The number of anilines is 1. The van der Waals surface area contributed by atoms with E-state index < -0.39 is 5.91 Å². The van der Waals surface area contributed by atoms with E-state index in [0.29, 0.717) is 13.2 Å². The average Bonchev–Trinajstić information content (AvgIpc) is 3.28. The number of carbonyl (C=O) groups excluding carboxylic acids is 1. The number of rotatable bonds is 6. The van der Waals surface area contributed by atoms with Crippen LogP contribution >= 0.6 is 11.3 Å². The highest BCUT2D eigenvalue weighted by Gasteiger charge is 2.21. The second-order valence-corrected chi connectivity index (χ2v) is 8.46. The molecular formula is C25H24N4O2S. The minimum absolute atomic E-state index is 0.0575. The van der Waals surface area contributed by atoms with E-state index in [2.05, 4.69) is 16.3 Å². The van der Waals surface area contributed by atoms with Gasteiger partial charge in [-0.25, -0.2) is 4.98 Å². The zero-order chi connectivity index (χ0) is 22.3. The van der Waals surface area contributed by atoms with Gasteiger partial charge in [0.1, 0.15) is 11.6 Å². The Morgan fingerprint density at radius 2 is 1.81 bits per heavy atom. The Kier molecular flexibility index (Phi) is 6.95. The Hall–Kier alpha value is -3.47. The molecule has 2 aromatic carbocycles. The molecule has 1 amide bonds. The molecular weight excluding hydrogens is 420 g/mol. The van der Waals surface area contributed by atoms with Crippen molar-refractivity contribution in [3.05, 3.63) is 76.7 Å². The van der Waals surface area contributed by atoms with E-state index in [9.17, 15) is 10.1 Å². The lowest BCUT2D eigenvalue weighted by Crippen LogP contribution is -2.36. The van der Waals surface area contributed by atoms with Crippen LogP contribution in [-0.4, -0.2) is 37.2 Å². The number of nitrogens with zero attached hydrogens (tertiary/aromatic N) is 3. The molecule has 1 N–H and O–H groups in total. The first kappa shape index (κ1) is 21.8. The van der Waals surface area contributed by atoms with Crippen LogP contribution in [0.1, 0.15) is 23.4 Å². The number of aromatic nitrogens is 1. The number of morpholine rings is 1. The molecule has 1 aromatic heterocycles. The number of thiazole rings is 1. The molecule has 0 aliphatic carbocycles. The summed E-state index contributed by atoms with van der Waals surface area (Å²) in [5.41, 5.74) is 2.76. The second-order valence-electron chi connectivity index (χ2n) is 7.45. The van der Waals surface area contributed by atoms with Crippen molar-refractivity contribution in [2.24, 2.45) is 0 Å². The molecule has 162 valence electrons. The summed E-state index contributed by atoms with van der Waals surface area (Å²) in [6, 6.07) is 21.4. The van der Waals surface area contributed by atoms with Gasteiger partial charge in [0.15, 0.2) is 5.13 Å². The summed E-state index contributed by atoms with van der Waals surface area (Å²) in [6.45, 7) is 4.76. The zero-order valence-corrected chi connectivity index (χ0v) is 18.6. The molecule has 3 aromatic rings. The molecule has 6 nitrogen and oxygen atoms in total. The van der Waals surface area contributed by atoms with Gasteiger partial charge in [0, 0.05) is 18.7 Å². The van der Waals surface area contributed by atoms with Gasteiger partial charge in [0.2, 0.25) is 0 Å². The van der Waals surface area contributed by atoms with Gasteiger partial charge in [0.05, 0.1) is 29.8 Å². The van der Waals surface area contributed by atoms with Crippen LogP contribution in [0.3, 0.4) is 0 Å². The predicted octanol–water partition coefficient (Wildman–Crippen LogP) is 4.43. The van der Waals surface area contributed by atoms with Crippen molar-refractivity contribution in [1.82, 2.24) is 10.3 Å². The topological polar surface area (TPSA) is 78.2 Å². The summed E-state index contributed by atoms with van der Waals surface area (Å²) >= 11 is 1.49. The van der Waals surface area contributed by atoms with Crippen molar-refractivity contribution < 1.29 is 9.53 Å². The Morgan fingerprint density at radius 3 is 2.47 bits per heavy atom. The fraction of sp³-hybridized carbons (Fsp3) is 0.240. The Bertz CT molecular complexity index is 1130. The van der Waals surface area contributed by atoms with Crippen molar-refractivity contribution in [1.29, 1.82) is 5.26 Å². The fourth-order valence-corrected chi connectivity index (χ4v) is 4.57. The smallest absolute Gasteiger partial charge is 0.262 e. The van der Waals surface area contributed by atoms with Crippen LogP contribution in [-0.2, 0) is 9.53 Å². The van der Waals surface area contributed by atoms with E-state index in [-0.39, 0.29) is 11.6 Å². The number of hydrogen-bond donors (Lipinski definition) is 1. The van der Waals surface area contributed by atoms with E-state index in [4.69, 9.17) is 9.72 Å². The summed E-state index contributed by atoms with van der Waals surface area (Å²) < 4.78 is 5.46. The van der Waals surface area contributed by atoms with Gasteiger partial charge in [-0.1, -0.05) is 72.0 Å². The van der Waals surface area contributed by atoms with Gasteiger partial charge >= 0.3 is 0 Å². The first-order valence-corrected chi connectivity index (χ1v) is 11.3. The molecule has 1 aliphatic rings. The lowest BCUT2D eigenvalue weighted by Gasteiger charge is -2.26. The summed E-state index contributed by atoms with van der Waals surface area (Å²) in [5.74, 6) is -0.399. The van der Waals surface area contributed by atoms with Gasteiger partial charge in [-0.15, -0.1) is 0 Å². The Morgan fingerprint density at radius 1 is 1.16 bits per heavy atom. The quantitative estimate of drug-likeness (QED) is 0.449. The molecule has 1 fully saturated rings. The molecule has 4 rings (SSSR count). The van der Waals surface area contributed by atoms with Crippen LogP contribution in [0.25, 0.3) is 17.3 Å². The Balaban J connectivity index is 1.64. The maximum atomic E-state index is 12.9. The van der Waals surface area contributed by atoms with E-state index in [1.807, 2.05) is 67.6 Å². The summed E-state index contributed by atoms with van der Waals surface area (Å²) in [7, 11) is 0. The molecule has 0 spiro atoms. The van der Waals surface area contributed by atoms with Crippen molar-refractivity contribution in [2.45, 2.75) is 13.0 Å². The average molecular weight is 445 g/mol. The number of ether oxygens (including phenoxy) is 1. The summed E-state index contributed by atoms with van der Waals surface area (Å²) in [5, 5.41) is 13.5. The van der Waals surface area contributed by atoms with Crippen LogP contribution in [0.5, 0.6) is 0 Å². The third kappa shape index (κ3) is 5.05. The van der Waals surface area contributed by atoms with Crippen molar-refractivity contribution >= 4 is 28.5 Å². The molecule has 0 bridgehead atoms. The number of hydrogen-bond acceptors (Lipinski definition) is 6. The third-order valence-electron chi connectivity index (χ3n) is 5.26. The lowest BCUT2D eigenvalue weighted by atomic mass is 10.1. The first-order valence-electron chi connectivity index (χ1n) is 10.5. The maximum absolute atomic E-state index is 12.9. The van der Waals surface area contributed by atoms with Gasteiger partial charge in [0.25, 0.3) is 5.91 Å². The highest BCUT2D eigenvalue weighted by atomic mass is 32.1. The standard InChI is InChI=1S/C25H24N4O2S/c1-18(19-8-4-2-5-9-19)27-24(30)21(17-26)16-22-23(20-10-6-3-7-11-20)28-25(32-22)29-12-14-31-15-13-29/h2-11,16,18H,12-15H2,1H3,(H,27,30). The van der Waals surface area contributed by atoms with E-state index in [1.54, 1.807) is 6.08 Å². The molecule has 1 saturated heterocycles. The zero-order valence-electron chi connectivity index (χ0n) is 17.8. The van der Waals surface area contributed by atoms with Crippen molar-refractivity contribution in [3.63, 3.8) is 0 Å². The van der Waals surface area contributed by atoms with E-state index in [1.165, 1.54) is 11.3 Å². The number of nitriles is 1. The van der Waals surface area contributed by atoms with Crippen LogP contribution in [0.2, 0.25) is 0 Å². The van der Waals surface area contributed by atoms with E-state index >= 15 is 0 Å².